The predicted molar refractivity (Wildman–Crippen MR) is 107 cm³/mol. The lowest BCUT2D eigenvalue weighted by Crippen LogP contribution is -2.23. The molecule has 0 spiro atoms. The highest BCUT2D eigenvalue weighted by molar-refractivity contribution is 7.99. The van der Waals surface area contributed by atoms with Crippen molar-refractivity contribution in [3.05, 3.63) is 76.9 Å². The molecule has 0 fully saturated rings. The van der Waals surface area contributed by atoms with Crippen LogP contribution in [0.5, 0.6) is 0 Å². The van der Waals surface area contributed by atoms with Crippen molar-refractivity contribution in [1.29, 1.82) is 0 Å². The third-order valence-electron chi connectivity index (χ3n) is 3.87. The normalized spacial score (nSPS) is 10.7. The molecule has 0 saturated carbocycles. The SMILES string of the molecule is C=CCn1c(SCC(=O)Nc2ccc(C)cc2F)nc2ccccc2c1=O. The van der Waals surface area contributed by atoms with Gasteiger partial charge >= 0.3 is 0 Å². The number of aryl methyl sites for hydroxylation is 1. The monoisotopic (exact) mass is 383 g/mol. The van der Waals surface area contributed by atoms with Gasteiger partial charge in [-0.2, -0.15) is 0 Å². The van der Waals surface area contributed by atoms with Gasteiger partial charge in [-0.15, -0.1) is 6.58 Å². The van der Waals surface area contributed by atoms with Gasteiger partial charge in [-0.3, -0.25) is 14.2 Å². The van der Waals surface area contributed by atoms with Gasteiger partial charge < -0.3 is 5.32 Å². The topological polar surface area (TPSA) is 64.0 Å². The summed E-state index contributed by atoms with van der Waals surface area (Å²) in [5, 5.41) is 3.46. The molecule has 27 heavy (non-hydrogen) atoms. The number of rotatable bonds is 6. The number of carbonyl (C=O) groups excluding carboxylic acids is 1. The molecule has 138 valence electrons. The highest BCUT2D eigenvalue weighted by atomic mass is 32.2. The molecule has 1 heterocycles. The van der Waals surface area contributed by atoms with Crippen LogP contribution in [-0.2, 0) is 11.3 Å². The Kier molecular flexibility index (Phi) is 5.71. The van der Waals surface area contributed by atoms with Crippen LogP contribution in [0, 0.1) is 12.7 Å². The summed E-state index contributed by atoms with van der Waals surface area (Å²) in [6.45, 7) is 5.73. The van der Waals surface area contributed by atoms with Gasteiger partial charge in [-0.25, -0.2) is 9.37 Å². The largest absolute Gasteiger partial charge is 0.323 e. The Hall–Kier alpha value is -2.93. The molecule has 0 bridgehead atoms. The summed E-state index contributed by atoms with van der Waals surface area (Å²) in [6, 6.07) is 11.6. The summed E-state index contributed by atoms with van der Waals surface area (Å²) in [7, 11) is 0. The number of nitrogens with one attached hydrogen (secondary N) is 1. The lowest BCUT2D eigenvalue weighted by molar-refractivity contribution is -0.113. The molecule has 0 unspecified atom stereocenters. The molecule has 7 heteroatoms. The molecular formula is C20H18FN3O2S. The summed E-state index contributed by atoms with van der Waals surface area (Å²) in [5.74, 6) is -0.869. The van der Waals surface area contributed by atoms with Crippen LogP contribution in [0.4, 0.5) is 10.1 Å². The molecule has 0 atom stereocenters. The van der Waals surface area contributed by atoms with E-state index in [0.29, 0.717) is 16.1 Å². The maximum atomic E-state index is 13.9. The summed E-state index contributed by atoms with van der Waals surface area (Å²) >= 11 is 1.12. The van der Waals surface area contributed by atoms with Crippen LogP contribution >= 0.6 is 11.8 Å². The molecule has 0 aliphatic rings. The number of anilines is 1. The zero-order valence-corrected chi connectivity index (χ0v) is 15.6. The van der Waals surface area contributed by atoms with E-state index in [4.69, 9.17) is 0 Å². The first-order valence-electron chi connectivity index (χ1n) is 8.29. The van der Waals surface area contributed by atoms with Gasteiger partial charge in [0.25, 0.3) is 5.56 Å². The van der Waals surface area contributed by atoms with Gasteiger partial charge in [0, 0.05) is 6.54 Å². The molecule has 5 nitrogen and oxygen atoms in total. The van der Waals surface area contributed by atoms with Crippen molar-refractivity contribution >= 4 is 34.3 Å². The highest BCUT2D eigenvalue weighted by Crippen LogP contribution is 2.20. The fourth-order valence-electron chi connectivity index (χ4n) is 2.59. The van der Waals surface area contributed by atoms with E-state index in [1.54, 1.807) is 43.3 Å². The van der Waals surface area contributed by atoms with E-state index in [1.807, 2.05) is 0 Å². The first-order valence-corrected chi connectivity index (χ1v) is 9.27. The number of allylic oxidation sites excluding steroid dienone is 1. The number of thioether (sulfide) groups is 1. The van der Waals surface area contributed by atoms with E-state index in [0.717, 1.165) is 17.3 Å². The standard InChI is InChI=1S/C20H18FN3O2S/c1-3-10-24-19(26)14-6-4-5-7-16(14)23-20(24)27-12-18(25)22-17-9-8-13(2)11-15(17)21/h3-9,11H,1,10,12H2,2H3,(H,22,25). The van der Waals surface area contributed by atoms with E-state index >= 15 is 0 Å². The van der Waals surface area contributed by atoms with Crippen molar-refractivity contribution in [3.8, 4) is 0 Å². The Morgan fingerprint density at radius 1 is 1.33 bits per heavy atom. The summed E-state index contributed by atoms with van der Waals surface area (Å²) in [6.07, 6.45) is 1.60. The van der Waals surface area contributed by atoms with Gasteiger partial charge in [0.05, 0.1) is 22.3 Å². The number of para-hydroxylation sites is 1. The van der Waals surface area contributed by atoms with Crippen LogP contribution in [0.3, 0.4) is 0 Å². The van der Waals surface area contributed by atoms with Gasteiger partial charge in [-0.05, 0) is 36.8 Å². The summed E-state index contributed by atoms with van der Waals surface area (Å²) in [5.41, 5.74) is 1.28. The zero-order chi connectivity index (χ0) is 19.4. The number of benzene rings is 2. The minimum Gasteiger partial charge on any atom is -0.323 e. The second kappa shape index (κ2) is 8.18. The maximum absolute atomic E-state index is 13.9. The van der Waals surface area contributed by atoms with E-state index < -0.39 is 5.82 Å². The highest BCUT2D eigenvalue weighted by Gasteiger charge is 2.13. The third kappa shape index (κ3) is 4.25. The number of hydrogen-bond donors (Lipinski definition) is 1. The fourth-order valence-corrected chi connectivity index (χ4v) is 3.39. The van der Waals surface area contributed by atoms with Gasteiger partial charge in [0.2, 0.25) is 5.91 Å². The zero-order valence-electron chi connectivity index (χ0n) is 14.7. The number of amides is 1. The third-order valence-corrected chi connectivity index (χ3v) is 4.85. The minimum atomic E-state index is -0.485. The van der Waals surface area contributed by atoms with E-state index in [1.165, 1.54) is 16.7 Å². The maximum Gasteiger partial charge on any atom is 0.262 e. The fraction of sp³-hybridized carbons (Fsp3) is 0.150. The Morgan fingerprint density at radius 2 is 2.11 bits per heavy atom. The average molecular weight is 383 g/mol. The Balaban J connectivity index is 1.81. The van der Waals surface area contributed by atoms with Crippen LogP contribution in [-0.4, -0.2) is 21.2 Å². The molecule has 0 saturated heterocycles. The number of nitrogens with zero attached hydrogens (tertiary/aromatic N) is 2. The number of aromatic nitrogens is 2. The number of halogens is 1. The predicted octanol–water partition coefficient (Wildman–Crippen LogP) is 3.76. The van der Waals surface area contributed by atoms with Crippen LogP contribution in [0.25, 0.3) is 10.9 Å². The molecule has 1 amide bonds. The van der Waals surface area contributed by atoms with Crippen molar-refractivity contribution < 1.29 is 9.18 Å². The summed E-state index contributed by atoms with van der Waals surface area (Å²) < 4.78 is 15.3. The van der Waals surface area contributed by atoms with Crippen molar-refractivity contribution in [3.63, 3.8) is 0 Å². The molecule has 0 aliphatic carbocycles. The Labute approximate surface area is 159 Å². The molecule has 1 N–H and O–H groups in total. The van der Waals surface area contributed by atoms with Crippen LogP contribution in [0.2, 0.25) is 0 Å². The number of hydrogen-bond acceptors (Lipinski definition) is 4. The van der Waals surface area contributed by atoms with E-state index in [2.05, 4.69) is 16.9 Å². The minimum absolute atomic E-state index is 0.00472. The first-order chi connectivity index (χ1) is 13.0. The Morgan fingerprint density at radius 3 is 2.85 bits per heavy atom. The van der Waals surface area contributed by atoms with Gasteiger partial charge in [0.15, 0.2) is 5.16 Å². The first kappa shape index (κ1) is 18.8. The van der Waals surface area contributed by atoms with Gasteiger partial charge in [0.1, 0.15) is 5.82 Å². The quantitative estimate of drug-likeness (QED) is 0.400. The summed E-state index contributed by atoms with van der Waals surface area (Å²) in [4.78, 5) is 29.4. The van der Waals surface area contributed by atoms with E-state index in [-0.39, 0.29) is 29.5 Å². The molecule has 0 aliphatic heterocycles. The van der Waals surface area contributed by atoms with E-state index in [9.17, 15) is 14.0 Å². The molecule has 1 aromatic heterocycles. The van der Waals surface area contributed by atoms with Crippen LogP contribution < -0.4 is 10.9 Å². The van der Waals surface area contributed by atoms with Gasteiger partial charge in [-0.1, -0.05) is 36.0 Å². The molecule has 3 rings (SSSR count). The number of fused-ring (bicyclic) bond motifs is 1. The molecular weight excluding hydrogens is 365 g/mol. The molecule has 0 radical (unpaired) electrons. The lowest BCUT2D eigenvalue weighted by atomic mass is 10.2. The van der Waals surface area contributed by atoms with Crippen LogP contribution in [0.1, 0.15) is 5.56 Å². The second-order valence-corrected chi connectivity index (χ2v) is 6.88. The Bertz CT molecular complexity index is 1080. The average Bonchev–Trinajstić information content (AvgIpc) is 2.65. The second-order valence-electron chi connectivity index (χ2n) is 5.94. The van der Waals surface area contributed by atoms with Crippen LogP contribution in [0.15, 0.2) is 65.1 Å². The molecule has 3 aromatic rings. The van der Waals surface area contributed by atoms with Crippen molar-refractivity contribution in [2.75, 3.05) is 11.1 Å². The number of carbonyl (C=O) groups is 1. The van der Waals surface area contributed by atoms with Crippen molar-refractivity contribution in [2.24, 2.45) is 0 Å². The van der Waals surface area contributed by atoms with Crippen molar-refractivity contribution in [2.45, 2.75) is 18.6 Å². The molecule has 2 aromatic carbocycles. The van der Waals surface area contributed by atoms with Crippen molar-refractivity contribution in [1.82, 2.24) is 9.55 Å². The smallest absolute Gasteiger partial charge is 0.262 e. The lowest BCUT2D eigenvalue weighted by Gasteiger charge is -2.11.